The number of carbonyl (C=O) groups is 6. The van der Waals surface area contributed by atoms with E-state index in [4.69, 9.17) is 16.2 Å². The Kier molecular flexibility index (Phi) is 18.3. The minimum Gasteiger partial charge on any atom is -0.481 e. The summed E-state index contributed by atoms with van der Waals surface area (Å²) >= 11 is 0. The number of aromatic nitrogens is 6. The number of ether oxygens (including phenoxy) is 1. The van der Waals surface area contributed by atoms with Gasteiger partial charge in [0, 0.05) is 26.4 Å². The number of aryl methyl sites for hydroxylation is 1. The number of aliphatic carboxylic acids is 1. The van der Waals surface area contributed by atoms with Gasteiger partial charge in [-0.15, -0.1) is 10.2 Å². The van der Waals surface area contributed by atoms with Crippen molar-refractivity contribution in [1.82, 2.24) is 56.6 Å². The molecule has 2 bridgehead atoms. The molecule has 2 aromatic heterocycles. The summed E-state index contributed by atoms with van der Waals surface area (Å²) < 4.78 is 20.6. The molecule has 1 aliphatic heterocycles. The summed E-state index contributed by atoms with van der Waals surface area (Å²) in [6.07, 6.45) is 4.43. The molecule has 1 aromatic carbocycles. The number of benzene rings is 1. The Morgan fingerprint density at radius 3 is 2.43 bits per heavy atom. The van der Waals surface area contributed by atoms with E-state index in [9.17, 15) is 38.3 Å². The lowest BCUT2D eigenvalue weighted by atomic mass is 10.0. The summed E-state index contributed by atoms with van der Waals surface area (Å²) in [6.45, 7) is -0.779. The van der Waals surface area contributed by atoms with Crippen LogP contribution in [0.15, 0.2) is 47.7 Å². The first-order valence-electron chi connectivity index (χ1n) is 19.5. The predicted molar refractivity (Wildman–Crippen MR) is 211 cm³/mol. The molecule has 326 valence electrons. The van der Waals surface area contributed by atoms with Crippen molar-refractivity contribution in [3.63, 3.8) is 0 Å². The minimum atomic E-state index is -1.51. The average molecular weight is 841 g/mol. The quantitative estimate of drug-likeness (QED) is 0.0366. The van der Waals surface area contributed by atoms with E-state index in [-0.39, 0.29) is 69.4 Å². The van der Waals surface area contributed by atoms with Crippen LogP contribution in [0.3, 0.4) is 0 Å². The molecular formula is C37H53FN14O8. The van der Waals surface area contributed by atoms with Gasteiger partial charge in [0.05, 0.1) is 44.2 Å². The molecule has 1 unspecified atom stereocenters. The number of guanidine groups is 1. The van der Waals surface area contributed by atoms with Gasteiger partial charge in [-0.1, -0.05) is 40.8 Å². The number of nitrogens with zero attached hydrogens (tertiary/aromatic N) is 7. The number of carbonyl (C=O) groups excluding carboxylic acids is 5. The number of methoxy groups -OCH3 is 1. The third-order valence-corrected chi connectivity index (χ3v) is 9.41. The van der Waals surface area contributed by atoms with Crippen LogP contribution in [-0.2, 0) is 46.3 Å². The highest BCUT2D eigenvalue weighted by Crippen LogP contribution is 2.22. The Bertz CT molecular complexity index is 1920. The van der Waals surface area contributed by atoms with E-state index in [2.05, 4.69) is 52.2 Å². The normalized spacial score (nSPS) is 19.3. The third kappa shape index (κ3) is 14.7. The fourth-order valence-corrected chi connectivity index (χ4v) is 6.35. The molecule has 0 aliphatic carbocycles. The number of rotatable bonds is 20. The van der Waals surface area contributed by atoms with E-state index in [1.165, 1.54) is 22.7 Å². The summed E-state index contributed by atoms with van der Waals surface area (Å²) in [5, 5.41) is 39.4. The highest BCUT2D eigenvalue weighted by Gasteiger charge is 2.32. The maximum atomic E-state index is 14.1. The monoisotopic (exact) mass is 840 g/mol. The number of halogens is 1. The summed E-state index contributed by atoms with van der Waals surface area (Å²) in [5.41, 5.74) is 12.5. The predicted octanol–water partition coefficient (Wildman–Crippen LogP) is -1.49. The minimum absolute atomic E-state index is 0.00588. The van der Waals surface area contributed by atoms with Crippen LogP contribution in [0.1, 0.15) is 80.0 Å². The van der Waals surface area contributed by atoms with Crippen LogP contribution in [0.2, 0.25) is 0 Å². The van der Waals surface area contributed by atoms with Crippen molar-refractivity contribution in [3.8, 4) is 0 Å². The molecule has 23 heteroatoms. The topological polar surface area (TPSA) is 318 Å². The molecule has 60 heavy (non-hydrogen) atoms. The molecule has 0 saturated heterocycles. The van der Waals surface area contributed by atoms with Crippen LogP contribution in [0.4, 0.5) is 4.39 Å². The largest absolute Gasteiger partial charge is 0.481 e. The van der Waals surface area contributed by atoms with Crippen molar-refractivity contribution in [3.05, 3.63) is 59.7 Å². The molecule has 3 heterocycles. The van der Waals surface area contributed by atoms with Crippen molar-refractivity contribution in [2.45, 2.75) is 88.0 Å². The number of hydrogen-bond donors (Lipinski definition) is 8. The summed E-state index contributed by atoms with van der Waals surface area (Å²) in [5.74, 6) is -4.89. The lowest BCUT2D eigenvalue weighted by molar-refractivity contribution is -0.141. The second-order valence-corrected chi connectivity index (χ2v) is 14.1. The molecule has 3 aromatic rings. The van der Waals surface area contributed by atoms with Crippen molar-refractivity contribution in [1.29, 1.82) is 0 Å². The third-order valence-electron chi connectivity index (χ3n) is 9.41. The number of hydrogen-bond acceptors (Lipinski definition) is 12. The van der Waals surface area contributed by atoms with Crippen molar-refractivity contribution >= 4 is 41.5 Å². The summed E-state index contributed by atoms with van der Waals surface area (Å²) in [4.78, 5) is 83.0. The van der Waals surface area contributed by atoms with Crippen molar-refractivity contribution < 1.29 is 43.0 Å². The lowest BCUT2D eigenvalue weighted by Gasteiger charge is -2.24. The number of alkyl halides is 1. The molecular weight excluding hydrogens is 787 g/mol. The average Bonchev–Trinajstić information content (AvgIpc) is 3.90. The van der Waals surface area contributed by atoms with Gasteiger partial charge in [-0.25, -0.2) is 9.36 Å². The number of unbranched alkanes of at least 4 members (excludes halogenated alkanes) is 1. The Morgan fingerprint density at radius 2 is 1.72 bits per heavy atom. The highest BCUT2D eigenvalue weighted by molar-refractivity contribution is 5.94. The van der Waals surface area contributed by atoms with E-state index in [1.807, 2.05) is 18.2 Å². The van der Waals surface area contributed by atoms with Crippen LogP contribution in [0.5, 0.6) is 0 Å². The Balaban J connectivity index is 1.59. The molecule has 4 rings (SSSR count). The van der Waals surface area contributed by atoms with E-state index in [0.29, 0.717) is 25.0 Å². The van der Waals surface area contributed by atoms with Gasteiger partial charge in [-0.05, 0) is 56.9 Å². The molecule has 22 nitrogen and oxygen atoms in total. The SMILES string of the molecule is COCC(C(=O)NCCCC[C@H]1C(=O)N[C@@H](CCCN=C(N)N)C(=O)NCC(=O)N[C@@H](CC(=O)O)C(=O)N[C@@H](Cc2ccccc2)c2cn1nn2)n1cc(CCCF)nn1. The Morgan fingerprint density at radius 1 is 0.950 bits per heavy atom. The maximum absolute atomic E-state index is 14.1. The lowest BCUT2D eigenvalue weighted by Crippen LogP contribution is -2.53. The van der Waals surface area contributed by atoms with Crippen LogP contribution in [0.25, 0.3) is 0 Å². The molecule has 0 saturated carbocycles. The zero-order chi connectivity index (χ0) is 43.4. The van der Waals surface area contributed by atoms with E-state index in [1.54, 1.807) is 18.3 Å². The van der Waals surface area contributed by atoms with E-state index in [0.717, 1.165) is 5.56 Å². The molecule has 0 spiro atoms. The number of carboxylic acid groups (broad SMARTS) is 1. The zero-order valence-corrected chi connectivity index (χ0v) is 33.3. The summed E-state index contributed by atoms with van der Waals surface area (Å²) in [7, 11) is 1.44. The first-order chi connectivity index (χ1) is 28.9. The molecule has 0 fully saturated rings. The molecule has 5 amide bonds. The van der Waals surface area contributed by atoms with E-state index >= 15 is 0 Å². The highest BCUT2D eigenvalue weighted by atomic mass is 19.1. The fraction of sp³-hybridized carbons (Fsp3) is 0.541. The van der Waals surface area contributed by atoms with Gasteiger partial charge >= 0.3 is 5.97 Å². The number of fused-ring (bicyclic) bond motifs is 2. The second-order valence-electron chi connectivity index (χ2n) is 14.1. The molecule has 5 atom stereocenters. The van der Waals surface area contributed by atoms with Gasteiger partial charge in [-0.3, -0.25) is 38.2 Å². The van der Waals surface area contributed by atoms with Gasteiger partial charge in [0.1, 0.15) is 23.8 Å². The van der Waals surface area contributed by atoms with Crippen molar-refractivity contribution in [2.24, 2.45) is 16.5 Å². The first-order valence-corrected chi connectivity index (χ1v) is 19.5. The number of nitrogens with two attached hydrogens (primary N) is 2. The fourth-order valence-electron chi connectivity index (χ4n) is 6.35. The van der Waals surface area contributed by atoms with Gasteiger partial charge in [0.25, 0.3) is 0 Å². The van der Waals surface area contributed by atoms with Crippen LogP contribution in [0, 0.1) is 0 Å². The maximum Gasteiger partial charge on any atom is 0.305 e. The van der Waals surface area contributed by atoms with Crippen molar-refractivity contribution in [2.75, 3.05) is 40.0 Å². The van der Waals surface area contributed by atoms with Crippen LogP contribution < -0.4 is 38.1 Å². The van der Waals surface area contributed by atoms with Gasteiger partial charge in [-0.2, -0.15) is 0 Å². The number of amides is 5. The number of aliphatic imine (C=N–C) groups is 1. The second kappa shape index (κ2) is 23.8. The van der Waals surface area contributed by atoms with Gasteiger partial charge in [0.15, 0.2) is 12.0 Å². The smallest absolute Gasteiger partial charge is 0.305 e. The zero-order valence-electron chi connectivity index (χ0n) is 33.3. The van der Waals surface area contributed by atoms with Crippen LogP contribution >= 0.6 is 0 Å². The standard InChI is InChI=1S/C37H53FN14O8/c1-60-22-30(51-20-24(47-49-51)11-7-14-38)35(58)41-15-6-5-13-29-36(59)45-25(12-8-16-42-37(39)40)33(56)43-19-31(53)44-27(18-32(54)55)34(57)46-26(28-21-52(29)50-48-28)17-23-9-3-2-4-10-23/h2-4,9-10,20-21,25-27,29-30H,5-8,11-19,22H2,1H3,(H,41,58)(H,43,56)(H,44,53)(H,45,59)(H,46,57)(H,54,55)(H4,39,40,42)/t25-,26-,27-,29-,30?/m0/s1. The molecule has 10 N–H and O–H groups in total. The summed E-state index contributed by atoms with van der Waals surface area (Å²) in [6, 6.07) is 3.65. The molecule has 0 radical (unpaired) electrons. The van der Waals surface area contributed by atoms with Gasteiger partial charge in [0.2, 0.25) is 29.5 Å². The number of nitrogens with one attached hydrogen (secondary N) is 5. The van der Waals surface area contributed by atoms with E-state index < -0.39 is 79.4 Å². The molecule has 1 aliphatic rings. The number of carboxylic acids is 1. The van der Waals surface area contributed by atoms with Crippen LogP contribution in [-0.4, -0.2) is 129 Å². The Hall–Kier alpha value is -6.52. The Labute approximate surface area is 344 Å². The first kappa shape index (κ1) is 46.2. The van der Waals surface area contributed by atoms with Gasteiger partial charge < -0.3 is 47.9 Å².